The first-order valence-electron chi connectivity index (χ1n) is 6.53. The first kappa shape index (κ1) is 13.3. The summed E-state index contributed by atoms with van der Waals surface area (Å²) in [5.41, 5.74) is 1.61. The maximum absolute atomic E-state index is 10.9. The maximum Gasteiger partial charge on any atom is 0.307 e. The Bertz CT molecular complexity index is 665. The topological polar surface area (TPSA) is 65.0 Å². The van der Waals surface area contributed by atoms with Crippen LogP contribution in [0.1, 0.15) is 11.1 Å². The molecule has 0 unspecified atom stereocenters. The van der Waals surface area contributed by atoms with Crippen molar-refractivity contribution in [1.29, 1.82) is 0 Å². The summed E-state index contributed by atoms with van der Waals surface area (Å²) in [7, 11) is 0. The highest BCUT2D eigenvalue weighted by atomic mass is 16.7. The molecule has 5 heteroatoms. The molecule has 0 saturated heterocycles. The van der Waals surface area contributed by atoms with Gasteiger partial charge in [0.2, 0.25) is 6.79 Å². The van der Waals surface area contributed by atoms with E-state index >= 15 is 0 Å². The highest BCUT2D eigenvalue weighted by Gasteiger charge is 2.14. The molecule has 0 bridgehead atoms. The Morgan fingerprint density at radius 2 is 1.86 bits per heavy atom. The molecule has 108 valence electrons. The van der Waals surface area contributed by atoms with Crippen LogP contribution in [0.25, 0.3) is 0 Å². The minimum absolute atomic E-state index is 0.0132. The van der Waals surface area contributed by atoms with Crippen LogP contribution in [0.3, 0.4) is 0 Å². The molecule has 0 radical (unpaired) electrons. The van der Waals surface area contributed by atoms with E-state index in [1.165, 1.54) is 0 Å². The van der Waals surface area contributed by atoms with Crippen LogP contribution in [0.4, 0.5) is 0 Å². The summed E-state index contributed by atoms with van der Waals surface area (Å²) >= 11 is 0. The molecule has 2 aromatic rings. The molecule has 1 aliphatic heterocycles. The maximum atomic E-state index is 10.9. The Balaban J connectivity index is 1.71. The van der Waals surface area contributed by atoms with E-state index in [0.29, 0.717) is 23.9 Å². The number of fused-ring (bicyclic) bond motifs is 1. The molecule has 21 heavy (non-hydrogen) atoms. The van der Waals surface area contributed by atoms with Crippen LogP contribution in [0.2, 0.25) is 0 Å². The van der Waals surface area contributed by atoms with Crippen molar-refractivity contribution in [1.82, 2.24) is 0 Å². The Morgan fingerprint density at radius 3 is 2.67 bits per heavy atom. The van der Waals surface area contributed by atoms with Gasteiger partial charge in [0.1, 0.15) is 12.4 Å². The fraction of sp³-hybridized carbons (Fsp3) is 0.188. The number of benzene rings is 2. The van der Waals surface area contributed by atoms with Crippen LogP contribution in [0.5, 0.6) is 17.2 Å². The van der Waals surface area contributed by atoms with Gasteiger partial charge in [-0.25, -0.2) is 0 Å². The average molecular weight is 286 g/mol. The van der Waals surface area contributed by atoms with Gasteiger partial charge in [-0.1, -0.05) is 24.3 Å². The Hall–Kier alpha value is -2.69. The van der Waals surface area contributed by atoms with Gasteiger partial charge in [-0.15, -0.1) is 0 Å². The van der Waals surface area contributed by atoms with E-state index in [1.54, 1.807) is 24.3 Å². The summed E-state index contributed by atoms with van der Waals surface area (Å²) in [5.74, 6) is 1.16. The zero-order valence-electron chi connectivity index (χ0n) is 11.2. The van der Waals surface area contributed by atoms with Gasteiger partial charge in [0.25, 0.3) is 0 Å². The SMILES string of the molecule is O=C(O)Cc1ccccc1COc1ccc2c(c1)OCO2. The standard InChI is InChI=1S/C16H14O5/c17-16(18)7-11-3-1-2-4-12(11)9-19-13-5-6-14-15(8-13)21-10-20-14/h1-6,8H,7,9-10H2,(H,17,18). The zero-order chi connectivity index (χ0) is 14.7. The second-order valence-corrected chi connectivity index (χ2v) is 4.64. The molecule has 0 saturated carbocycles. The van der Waals surface area contributed by atoms with Crippen molar-refractivity contribution in [3.8, 4) is 17.2 Å². The van der Waals surface area contributed by atoms with Crippen molar-refractivity contribution < 1.29 is 24.1 Å². The van der Waals surface area contributed by atoms with Crippen LogP contribution < -0.4 is 14.2 Å². The largest absolute Gasteiger partial charge is 0.489 e. The number of carboxylic acid groups (broad SMARTS) is 1. The van der Waals surface area contributed by atoms with Crippen LogP contribution in [-0.2, 0) is 17.8 Å². The van der Waals surface area contributed by atoms with Crippen molar-refractivity contribution in [2.75, 3.05) is 6.79 Å². The Morgan fingerprint density at radius 1 is 1.10 bits per heavy atom. The number of rotatable bonds is 5. The Labute approximate surface area is 121 Å². The fourth-order valence-electron chi connectivity index (χ4n) is 2.16. The highest BCUT2D eigenvalue weighted by Crippen LogP contribution is 2.35. The summed E-state index contributed by atoms with van der Waals surface area (Å²) in [4.78, 5) is 10.9. The lowest BCUT2D eigenvalue weighted by molar-refractivity contribution is -0.136. The normalized spacial score (nSPS) is 12.2. The number of hydrogen-bond donors (Lipinski definition) is 1. The van der Waals surface area contributed by atoms with E-state index in [2.05, 4.69) is 0 Å². The monoisotopic (exact) mass is 286 g/mol. The van der Waals surface area contributed by atoms with Crippen molar-refractivity contribution in [3.63, 3.8) is 0 Å². The van der Waals surface area contributed by atoms with E-state index in [1.807, 2.05) is 18.2 Å². The first-order valence-corrected chi connectivity index (χ1v) is 6.53. The van der Waals surface area contributed by atoms with Gasteiger partial charge in [-0.2, -0.15) is 0 Å². The number of carboxylic acids is 1. The van der Waals surface area contributed by atoms with Crippen LogP contribution >= 0.6 is 0 Å². The Kier molecular flexibility index (Phi) is 3.64. The molecule has 0 atom stereocenters. The highest BCUT2D eigenvalue weighted by molar-refractivity contribution is 5.70. The third-order valence-corrected chi connectivity index (χ3v) is 3.20. The van der Waals surface area contributed by atoms with Crippen molar-refractivity contribution in [2.24, 2.45) is 0 Å². The molecule has 1 N–H and O–H groups in total. The molecular formula is C16H14O5. The van der Waals surface area contributed by atoms with Crippen LogP contribution in [-0.4, -0.2) is 17.9 Å². The second kappa shape index (κ2) is 5.75. The van der Waals surface area contributed by atoms with Gasteiger partial charge in [0, 0.05) is 6.07 Å². The smallest absolute Gasteiger partial charge is 0.307 e. The molecule has 0 aliphatic carbocycles. The van der Waals surface area contributed by atoms with Crippen molar-refractivity contribution in [2.45, 2.75) is 13.0 Å². The molecule has 0 spiro atoms. The quantitative estimate of drug-likeness (QED) is 0.915. The summed E-state index contributed by atoms with van der Waals surface area (Å²) in [5, 5.41) is 8.91. The van der Waals surface area contributed by atoms with Gasteiger partial charge < -0.3 is 19.3 Å². The average Bonchev–Trinajstić information content (AvgIpc) is 2.93. The zero-order valence-corrected chi connectivity index (χ0v) is 11.2. The molecule has 5 nitrogen and oxygen atoms in total. The molecule has 1 aliphatic rings. The van der Waals surface area contributed by atoms with E-state index in [4.69, 9.17) is 19.3 Å². The van der Waals surface area contributed by atoms with Gasteiger partial charge in [-0.3, -0.25) is 4.79 Å². The molecular weight excluding hydrogens is 272 g/mol. The van der Waals surface area contributed by atoms with Crippen molar-refractivity contribution in [3.05, 3.63) is 53.6 Å². The fourth-order valence-corrected chi connectivity index (χ4v) is 2.16. The number of ether oxygens (including phenoxy) is 3. The first-order chi connectivity index (χ1) is 10.2. The molecule has 0 fully saturated rings. The lowest BCUT2D eigenvalue weighted by Gasteiger charge is -2.10. The van der Waals surface area contributed by atoms with E-state index in [0.717, 1.165) is 11.1 Å². The van der Waals surface area contributed by atoms with Gasteiger partial charge in [0.15, 0.2) is 11.5 Å². The van der Waals surface area contributed by atoms with E-state index in [9.17, 15) is 4.79 Å². The molecule has 0 aromatic heterocycles. The number of carbonyl (C=O) groups is 1. The lowest BCUT2D eigenvalue weighted by atomic mass is 10.1. The summed E-state index contributed by atoms with van der Waals surface area (Å²) in [6.45, 7) is 0.531. The predicted molar refractivity (Wildman–Crippen MR) is 74.7 cm³/mol. The van der Waals surface area contributed by atoms with Crippen molar-refractivity contribution >= 4 is 5.97 Å². The van der Waals surface area contributed by atoms with Gasteiger partial charge in [0.05, 0.1) is 6.42 Å². The van der Waals surface area contributed by atoms with Gasteiger partial charge in [-0.05, 0) is 23.3 Å². The number of aliphatic carboxylic acids is 1. The van der Waals surface area contributed by atoms with Crippen LogP contribution in [0.15, 0.2) is 42.5 Å². The van der Waals surface area contributed by atoms with E-state index in [-0.39, 0.29) is 13.2 Å². The summed E-state index contributed by atoms with van der Waals surface area (Å²) < 4.78 is 16.2. The second-order valence-electron chi connectivity index (χ2n) is 4.64. The van der Waals surface area contributed by atoms with E-state index < -0.39 is 5.97 Å². The third kappa shape index (κ3) is 3.08. The van der Waals surface area contributed by atoms with Gasteiger partial charge >= 0.3 is 5.97 Å². The molecule has 1 heterocycles. The minimum Gasteiger partial charge on any atom is -0.489 e. The van der Waals surface area contributed by atoms with Crippen LogP contribution in [0, 0.1) is 0 Å². The lowest BCUT2D eigenvalue weighted by Crippen LogP contribution is -2.05. The molecule has 2 aromatic carbocycles. The predicted octanol–water partition coefficient (Wildman–Crippen LogP) is 2.62. The summed E-state index contributed by atoms with van der Waals surface area (Å²) in [6, 6.07) is 12.7. The number of hydrogen-bond acceptors (Lipinski definition) is 4. The summed E-state index contributed by atoms with van der Waals surface area (Å²) in [6.07, 6.45) is -0.0132. The molecule has 0 amide bonds. The minimum atomic E-state index is -0.856. The molecule has 3 rings (SSSR count). The third-order valence-electron chi connectivity index (χ3n) is 3.20.